The molecule has 0 aliphatic rings. The Morgan fingerprint density at radius 3 is 2.20 bits per heavy atom. The summed E-state index contributed by atoms with van der Waals surface area (Å²) in [6, 6.07) is 31.2. The normalized spacial score (nSPS) is 11.8. The molecule has 172 valence electrons. The number of nitrogens with zero attached hydrogens (tertiary/aromatic N) is 4. The van der Waals surface area contributed by atoms with E-state index < -0.39 is 4.92 Å². The minimum absolute atomic E-state index is 0.287. The van der Waals surface area contributed by atoms with Crippen molar-refractivity contribution in [3.63, 3.8) is 0 Å². The monoisotopic (exact) mass is 480 g/mol. The van der Waals surface area contributed by atoms with Gasteiger partial charge in [0.15, 0.2) is 5.76 Å². The van der Waals surface area contributed by atoms with Crippen LogP contribution < -0.4 is 4.80 Å². The number of rotatable bonds is 7. The Hall–Kier alpha value is -4.56. The highest BCUT2D eigenvalue weighted by Crippen LogP contribution is 2.25. The Morgan fingerprint density at radius 1 is 0.857 bits per heavy atom. The molecule has 0 N–H and O–H groups in total. The Labute approximate surface area is 205 Å². The van der Waals surface area contributed by atoms with E-state index in [0.29, 0.717) is 11.3 Å². The van der Waals surface area contributed by atoms with Crippen LogP contribution in [0.5, 0.6) is 0 Å². The largest absolute Gasteiger partial charge is 0.433 e. The fourth-order valence-corrected chi connectivity index (χ4v) is 4.39. The number of thiazole rings is 1. The molecule has 0 saturated carbocycles. The van der Waals surface area contributed by atoms with Crippen LogP contribution in [0.2, 0.25) is 0 Å². The number of nitro groups is 1. The maximum absolute atomic E-state index is 10.9. The molecule has 0 atom stereocenters. The lowest BCUT2D eigenvalue weighted by atomic mass is 10.0. The second kappa shape index (κ2) is 10.1. The van der Waals surface area contributed by atoms with E-state index >= 15 is 0 Å². The van der Waals surface area contributed by atoms with Crippen LogP contribution in [-0.2, 0) is 6.54 Å². The van der Waals surface area contributed by atoms with E-state index in [9.17, 15) is 10.1 Å². The number of hydrogen-bond acceptors (Lipinski definition) is 6. The van der Waals surface area contributed by atoms with Crippen LogP contribution in [-0.4, -0.2) is 15.8 Å². The zero-order valence-corrected chi connectivity index (χ0v) is 19.3. The van der Waals surface area contributed by atoms with Gasteiger partial charge in [-0.1, -0.05) is 84.9 Å². The van der Waals surface area contributed by atoms with Gasteiger partial charge in [0.1, 0.15) is 4.92 Å². The van der Waals surface area contributed by atoms with E-state index in [4.69, 9.17) is 9.41 Å². The number of aromatic nitrogens is 1. The molecule has 5 rings (SSSR count). The zero-order valence-electron chi connectivity index (χ0n) is 18.5. The van der Waals surface area contributed by atoms with Crippen molar-refractivity contribution >= 4 is 23.4 Å². The Morgan fingerprint density at radius 2 is 1.51 bits per heavy atom. The first kappa shape index (κ1) is 22.2. The third kappa shape index (κ3) is 5.18. The molecule has 7 nitrogen and oxygen atoms in total. The van der Waals surface area contributed by atoms with Gasteiger partial charge < -0.3 is 4.42 Å². The summed E-state index contributed by atoms with van der Waals surface area (Å²) >= 11 is 1.48. The van der Waals surface area contributed by atoms with E-state index in [-0.39, 0.29) is 11.6 Å². The van der Waals surface area contributed by atoms with Gasteiger partial charge in [0, 0.05) is 10.9 Å². The third-order valence-electron chi connectivity index (χ3n) is 5.31. The second-order valence-corrected chi connectivity index (χ2v) is 8.47. The smallest absolute Gasteiger partial charge is 0.400 e. The van der Waals surface area contributed by atoms with Crippen LogP contribution >= 0.6 is 11.3 Å². The van der Waals surface area contributed by atoms with Crippen LogP contribution in [0.1, 0.15) is 11.3 Å². The van der Waals surface area contributed by atoms with E-state index in [1.54, 1.807) is 4.68 Å². The fraction of sp³-hybridized carbons (Fsp3) is 0.0370. The SMILES string of the molecule is O=[N+]([O-])c1ccc(C=Nn2c(-c3ccc(-c4ccccc4)cc3)csc2=NCc2ccccc2)o1. The molecule has 0 saturated heterocycles. The van der Waals surface area contributed by atoms with Crippen molar-refractivity contribution in [3.8, 4) is 22.4 Å². The Balaban J connectivity index is 1.52. The summed E-state index contributed by atoms with van der Waals surface area (Å²) in [6.07, 6.45) is 1.46. The van der Waals surface area contributed by atoms with Gasteiger partial charge in [-0.05, 0) is 22.8 Å². The quantitative estimate of drug-likeness (QED) is 0.154. The Kier molecular flexibility index (Phi) is 6.45. The van der Waals surface area contributed by atoms with E-state index in [1.165, 1.54) is 29.7 Å². The van der Waals surface area contributed by atoms with Crippen LogP contribution in [0, 0.1) is 10.1 Å². The van der Waals surface area contributed by atoms with Crippen molar-refractivity contribution < 1.29 is 9.34 Å². The average Bonchev–Trinajstić information content (AvgIpc) is 3.55. The van der Waals surface area contributed by atoms with Crippen LogP contribution in [0.3, 0.4) is 0 Å². The predicted molar refractivity (Wildman–Crippen MR) is 137 cm³/mol. The molecule has 0 spiro atoms. The molecule has 0 aliphatic heterocycles. The van der Waals surface area contributed by atoms with Crippen molar-refractivity contribution in [2.24, 2.45) is 10.1 Å². The maximum Gasteiger partial charge on any atom is 0.433 e. The lowest BCUT2D eigenvalue weighted by molar-refractivity contribution is -0.402. The molecule has 0 bridgehead atoms. The van der Waals surface area contributed by atoms with Crippen LogP contribution in [0.15, 0.2) is 117 Å². The van der Waals surface area contributed by atoms with E-state index in [0.717, 1.165) is 27.9 Å². The van der Waals surface area contributed by atoms with E-state index in [1.807, 2.05) is 53.9 Å². The molecule has 0 aliphatic carbocycles. The fourth-order valence-electron chi connectivity index (χ4n) is 3.55. The van der Waals surface area contributed by atoms with Gasteiger partial charge in [0.2, 0.25) is 4.80 Å². The molecular weight excluding hydrogens is 460 g/mol. The molecule has 35 heavy (non-hydrogen) atoms. The molecule has 5 aromatic rings. The van der Waals surface area contributed by atoms with Crippen molar-refractivity contribution in [2.75, 3.05) is 0 Å². The topological polar surface area (TPSA) is 85.9 Å². The molecule has 0 amide bonds. The molecule has 2 aromatic heterocycles. The average molecular weight is 481 g/mol. The summed E-state index contributed by atoms with van der Waals surface area (Å²) in [7, 11) is 0. The first-order valence-electron chi connectivity index (χ1n) is 10.9. The first-order valence-corrected chi connectivity index (χ1v) is 11.7. The molecule has 2 heterocycles. The van der Waals surface area contributed by atoms with Gasteiger partial charge in [0.25, 0.3) is 0 Å². The predicted octanol–water partition coefficient (Wildman–Crippen LogP) is 6.37. The van der Waals surface area contributed by atoms with Gasteiger partial charge in [-0.25, -0.2) is 4.68 Å². The molecule has 0 fully saturated rings. The highest BCUT2D eigenvalue weighted by atomic mass is 32.1. The summed E-state index contributed by atoms with van der Waals surface area (Å²) in [4.78, 5) is 15.8. The third-order valence-corrected chi connectivity index (χ3v) is 6.16. The van der Waals surface area contributed by atoms with Crippen molar-refractivity contribution in [2.45, 2.75) is 6.54 Å². The zero-order chi connectivity index (χ0) is 24.0. The summed E-state index contributed by atoms with van der Waals surface area (Å²) < 4.78 is 6.97. The lowest BCUT2D eigenvalue weighted by Gasteiger charge is -2.06. The van der Waals surface area contributed by atoms with Crippen molar-refractivity contribution in [1.29, 1.82) is 0 Å². The summed E-state index contributed by atoms with van der Waals surface area (Å²) in [5.74, 6) is -0.0396. The maximum atomic E-state index is 10.9. The number of hydrogen-bond donors (Lipinski definition) is 0. The number of furan rings is 1. The summed E-state index contributed by atoms with van der Waals surface area (Å²) in [6.45, 7) is 0.509. The van der Waals surface area contributed by atoms with E-state index in [2.05, 4.69) is 41.5 Å². The van der Waals surface area contributed by atoms with Gasteiger partial charge >= 0.3 is 5.88 Å². The minimum Gasteiger partial charge on any atom is -0.400 e. The highest BCUT2D eigenvalue weighted by Gasteiger charge is 2.12. The molecule has 0 unspecified atom stereocenters. The Bertz CT molecular complexity index is 1530. The van der Waals surface area contributed by atoms with Gasteiger partial charge in [-0.3, -0.25) is 15.1 Å². The molecule has 0 radical (unpaired) electrons. The van der Waals surface area contributed by atoms with Gasteiger partial charge in [0.05, 0.1) is 24.5 Å². The minimum atomic E-state index is -0.574. The standard InChI is InChI=1S/C27H20N4O3S/c32-31(33)26-16-15-24(34-26)18-29-30-25(19-35-27(30)28-17-20-7-3-1-4-8-20)23-13-11-22(12-14-23)21-9-5-2-6-10-21/h1-16,18-19H,17H2. The summed E-state index contributed by atoms with van der Waals surface area (Å²) in [5, 5.41) is 17.5. The lowest BCUT2D eigenvalue weighted by Crippen LogP contribution is -2.12. The van der Waals surface area contributed by atoms with Crippen molar-refractivity contribution in [3.05, 3.63) is 129 Å². The number of benzene rings is 3. The molecule has 8 heteroatoms. The van der Waals surface area contributed by atoms with Crippen LogP contribution in [0.25, 0.3) is 22.4 Å². The first-order chi connectivity index (χ1) is 17.2. The summed E-state index contributed by atoms with van der Waals surface area (Å²) in [5.41, 5.74) is 5.19. The molecular formula is C27H20N4O3S. The molecule has 3 aromatic carbocycles. The van der Waals surface area contributed by atoms with Crippen molar-refractivity contribution in [1.82, 2.24) is 4.68 Å². The second-order valence-electron chi connectivity index (χ2n) is 7.64. The highest BCUT2D eigenvalue weighted by molar-refractivity contribution is 7.07. The van der Waals surface area contributed by atoms with Gasteiger partial charge in [-0.2, -0.15) is 5.10 Å². The van der Waals surface area contributed by atoms with Crippen LogP contribution in [0.4, 0.5) is 5.88 Å². The van der Waals surface area contributed by atoms with Gasteiger partial charge in [-0.15, -0.1) is 11.3 Å².